The highest BCUT2D eigenvalue weighted by molar-refractivity contribution is 5.14. The van der Waals surface area contributed by atoms with E-state index in [0.717, 1.165) is 19.6 Å². The molecular formula is C18H29N3O. The smallest absolute Gasteiger partial charge is 0.0586 e. The summed E-state index contributed by atoms with van der Waals surface area (Å²) in [6.45, 7) is 9.50. The molecule has 1 aromatic rings. The van der Waals surface area contributed by atoms with Crippen molar-refractivity contribution in [3.05, 3.63) is 35.9 Å². The summed E-state index contributed by atoms with van der Waals surface area (Å²) in [5.74, 6) is 0. The summed E-state index contributed by atoms with van der Waals surface area (Å²) in [5, 5.41) is 9.39. The molecule has 2 heterocycles. The Hall–Kier alpha value is -0.940. The third-order valence-corrected chi connectivity index (χ3v) is 5.13. The molecule has 0 bridgehead atoms. The number of rotatable bonds is 6. The van der Waals surface area contributed by atoms with Gasteiger partial charge in [-0.2, -0.15) is 0 Å². The minimum absolute atomic E-state index is 0.324. The summed E-state index contributed by atoms with van der Waals surface area (Å²) < 4.78 is 0. The van der Waals surface area contributed by atoms with Crippen molar-refractivity contribution in [1.29, 1.82) is 0 Å². The van der Waals surface area contributed by atoms with E-state index >= 15 is 0 Å². The van der Waals surface area contributed by atoms with Gasteiger partial charge in [0.15, 0.2) is 0 Å². The summed E-state index contributed by atoms with van der Waals surface area (Å²) in [6, 6.07) is 11.2. The fourth-order valence-electron chi connectivity index (χ4n) is 3.68. The van der Waals surface area contributed by atoms with Crippen LogP contribution in [-0.4, -0.2) is 78.3 Å². The van der Waals surface area contributed by atoms with Crippen LogP contribution in [0.3, 0.4) is 0 Å². The molecule has 1 aromatic carbocycles. The maximum Gasteiger partial charge on any atom is 0.0586 e. The van der Waals surface area contributed by atoms with Gasteiger partial charge in [0.25, 0.3) is 0 Å². The van der Waals surface area contributed by atoms with E-state index in [0.29, 0.717) is 12.6 Å². The highest BCUT2D eigenvalue weighted by Crippen LogP contribution is 2.16. The van der Waals surface area contributed by atoms with Crippen LogP contribution in [0.2, 0.25) is 0 Å². The summed E-state index contributed by atoms with van der Waals surface area (Å²) in [4.78, 5) is 7.60. The van der Waals surface area contributed by atoms with E-state index in [1.54, 1.807) is 0 Å². The monoisotopic (exact) mass is 303 g/mol. The van der Waals surface area contributed by atoms with Crippen molar-refractivity contribution in [3.63, 3.8) is 0 Å². The summed E-state index contributed by atoms with van der Waals surface area (Å²) >= 11 is 0. The van der Waals surface area contributed by atoms with Gasteiger partial charge in [0, 0.05) is 51.9 Å². The molecule has 1 atom stereocenters. The normalized spacial score (nSPS) is 24.9. The molecule has 2 aliphatic rings. The van der Waals surface area contributed by atoms with Gasteiger partial charge in [0.2, 0.25) is 0 Å². The standard InChI is InChI=1S/C18H29N3O/c22-16-18-7-4-8-21(18)14-13-19-9-11-20(12-10-19)15-17-5-2-1-3-6-17/h1-3,5-6,18,22H,4,7-16H2/t18-/m1/s1. The maximum absolute atomic E-state index is 9.39. The molecule has 0 amide bonds. The van der Waals surface area contributed by atoms with Crippen molar-refractivity contribution < 1.29 is 5.11 Å². The van der Waals surface area contributed by atoms with Gasteiger partial charge in [-0.15, -0.1) is 0 Å². The molecule has 122 valence electrons. The molecular weight excluding hydrogens is 274 g/mol. The Morgan fingerprint density at radius 2 is 1.64 bits per heavy atom. The number of hydrogen-bond donors (Lipinski definition) is 1. The zero-order chi connectivity index (χ0) is 15.2. The second kappa shape index (κ2) is 8.06. The number of nitrogens with zero attached hydrogens (tertiary/aromatic N) is 3. The number of hydrogen-bond acceptors (Lipinski definition) is 4. The van der Waals surface area contributed by atoms with Gasteiger partial charge in [-0.25, -0.2) is 0 Å². The molecule has 0 spiro atoms. The highest BCUT2D eigenvalue weighted by Gasteiger charge is 2.24. The molecule has 3 rings (SSSR count). The molecule has 2 aliphatic heterocycles. The van der Waals surface area contributed by atoms with Crippen LogP contribution in [0.5, 0.6) is 0 Å². The number of aliphatic hydroxyl groups is 1. The Morgan fingerprint density at radius 3 is 2.36 bits per heavy atom. The SMILES string of the molecule is OC[C@H]1CCCN1CCN1CCN(Cc2ccccc2)CC1. The minimum atomic E-state index is 0.324. The molecule has 22 heavy (non-hydrogen) atoms. The van der Waals surface area contributed by atoms with Crippen LogP contribution < -0.4 is 0 Å². The lowest BCUT2D eigenvalue weighted by Gasteiger charge is -2.36. The lowest BCUT2D eigenvalue weighted by molar-refractivity contribution is 0.101. The van der Waals surface area contributed by atoms with Crippen LogP contribution in [0.1, 0.15) is 18.4 Å². The fourth-order valence-corrected chi connectivity index (χ4v) is 3.68. The zero-order valence-corrected chi connectivity index (χ0v) is 13.5. The first-order chi connectivity index (χ1) is 10.8. The van der Waals surface area contributed by atoms with E-state index in [1.165, 1.54) is 51.1 Å². The third-order valence-electron chi connectivity index (χ3n) is 5.13. The minimum Gasteiger partial charge on any atom is -0.395 e. The Labute approximate surface area is 134 Å². The second-order valence-corrected chi connectivity index (χ2v) is 6.62. The Bertz CT molecular complexity index is 431. The molecule has 4 nitrogen and oxygen atoms in total. The third kappa shape index (κ3) is 4.29. The van der Waals surface area contributed by atoms with Gasteiger partial charge in [-0.3, -0.25) is 14.7 Å². The van der Waals surface area contributed by atoms with Crippen LogP contribution in [0.25, 0.3) is 0 Å². The largest absolute Gasteiger partial charge is 0.395 e. The van der Waals surface area contributed by atoms with Crippen LogP contribution >= 0.6 is 0 Å². The lowest BCUT2D eigenvalue weighted by atomic mass is 10.2. The molecule has 2 fully saturated rings. The molecule has 0 aromatic heterocycles. The zero-order valence-electron chi connectivity index (χ0n) is 13.5. The van der Waals surface area contributed by atoms with Crippen LogP contribution in [0, 0.1) is 0 Å². The van der Waals surface area contributed by atoms with Crippen LogP contribution in [-0.2, 0) is 6.54 Å². The van der Waals surface area contributed by atoms with Crippen molar-refractivity contribution in [2.75, 3.05) is 52.4 Å². The fraction of sp³-hybridized carbons (Fsp3) is 0.667. The first-order valence-corrected chi connectivity index (χ1v) is 8.68. The first-order valence-electron chi connectivity index (χ1n) is 8.68. The van der Waals surface area contributed by atoms with Crippen molar-refractivity contribution in [3.8, 4) is 0 Å². The van der Waals surface area contributed by atoms with E-state index < -0.39 is 0 Å². The summed E-state index contributed by atoms with van der Waals surface area (Å²) in [6.07, 6.45) is 2.41. The molecule has 0 saturated carbocycles. The van der Waals surface area contributed by atoms with Crippen molar-refractivity contribution >= 4 is 0 Å². The predicted octanol–water partition coefficient (Wildman–Crippen LogP) is 1.26. The molecule has 0 aliphatic carbocycles. The van der Waals surface area contributed by atoms with Gasteiger partial charge >= 0.3 is 0 Å². The first kappa shape index (κ1) is 15.9. The van der Waals surface area contributed by atoms with E-state index in [-0.39, 0.29) is 0 Å². The Balaban J connectivity index is 1.37. The summed E-state index contributed by atoms with van der Waals surface area (Å²) in [5.41, 5.74) is 1.42. The average Bonchev–Trinajstić information content (AvgIpc) is 3.03. The quantitative estimate of drug-likeness (QED) is 0.857. The predicted molar refractivity (Wildman–Crippen MR) is 89.8 cm³/mol. The number of piperazine rings is 1. The molecule has 4 heteroatoms. The molecule has 0 unspecified atom stereocenters. The Morgan fingerprint density at radius 1 is 0.909 bits per heavy atom. The van der Waals surface area contributed by atoms with Crippen molar-refractivity contribution in [2.24, 2.45) is 0 Å². The topological polar surface area (TPSA) is 30.0 Å². The van der Waals surface area contributed by atoms with Gasteiger partial charge < -0.3 is 5.11 Å². The van der Waals surface area contributed by atoms with Crippen molar-refractivity contribution in [1.82, 2.24) is 14.7 Å². The Kier molecular flexibility index (Phi) is 5.84. The number of likely N-dealkylation sites (tertiary alicyclic amines) is 1. The van der Waals surface area contributed by atoms with E-state index in [1.807, 2.05) is 0 Å². The maximum atomic E-state index is 9.39. The van der Waals surface area contributed by atoms with Gasteiger partial charge in [0.05, 0.1) is 6.61 Å². The van der Waals surface area contributed by atoms with E-state index in [2.05, 4.69) is 45.0 Å². The second-order valence-electron chi connectivity index (χ2n) is 6.62. The van der Waals surface area contributed by atoms with Crippen LogP contribution in [0.15, 0.2) is 30.3 Å². The van der Waals surface area contributed by atoms with Gasteiger partial charge in [0.1, 0.15) is 0 Å². The van der Waals surface area contributed by atoms with E-state index in [9.17, 15) is 5.11 Å². The molecule has 1 N–H and O–H groups in total. The molecule has 0 radical (unpaired) electrons. The highest BCUT2D eigenvalue weighted by atomic mass is 16.3. The average molecular weight is 303 g/mol. The number of benzene rings is 1. The lowest BCUT2D eigenvalue weighted by Crippen LogP contribution is -2.48. The van der Waals surface area contributed by atoms with E-state index in [4.69, 9.17) is 0 Å². The summed E-state index contributed by atoms with van der Waals surface area (Å²) in [7, 11) is 0. The van der Waals surface area contributed by atoms with Gasteiger partial charge in [-0.05, 0) is 24.9 Å². The van der Waals surface area contributed by atoms with Gasteiger partial charge in [-0.1, -0.05) is 30.3 Å². The molecule has 2 saturated heterocycles. The number of aliphatic hydroxyl groups excluding tert-OH is 1. The van der Waals surface area contributed by atoms with Crippen LogP contribution in [0.4, 0.5) is 0 Å². The van der Waals surface area contributed by atoms with Crippen molar-refractivity contribution in [2.45, 2.75) is 25.4 Å².